The van der Waals surface area contributed by atoms with Crippen LogP contribution < -0.4 is 4.90 Å². The van der Waals surface area contributed by atoms with E-state index in [0.29, 0.717) is 18.3 Å². The van der Waals surface area contributed by atoms with Gasteiger partial charge in [-0.3, -0.25) is 0 Å². The molecule has 1 unspecified atom stereocenters. The van der Waals surface area contributed by atoms with E-state index in [4.69, 9.17) is 10.1 Å². The molecule has 0 saturated heterocycles. The summed E-state index contributed by atoms with van der Waals surface area (Å²) in [6.45, 7) is 4.71. The van der Waals surface area contributed by atoms with Gasteiger partial charge in [0.15, 0.2) is 4.98 Å². The molecule has 0 amide bonds. The van der Waals surface area contributed by atoms with Crippen molar-refractivity contribution >= 4 is 11.4 Å². The van der Waals surface area contributed by atoms with E-state index in [1.54, 1.807) is 13.2 Å². The van der Waals surface area contributed by atoms with Gasteiger partial charge in [0.1, 0.15) is 0 Å². The smallest absolute Gasteiger partial charge is 0.383 e. The lowest BCUT2D eigenvalue weighted by atomic mass is 10.1. The SMILES string of the molecule is COCC(C)N(C)c1ccc([N+]#N)c(C)c1. The Morgan fingerprint density at radius 2 is 2.19 bits per heavy atom. The van der Waals surface area contributed by atoms with Gasteiger partial charge in [-0.15, -0.1) is 0 Å². The Morgan fingerprint density at radius 1 is 1.50 bits per heavy atom. The minimum atomic E-state index is 0.307. The summed E-state index contributed by atoms with van der Waals surface area (Å²) < 4.78 is 5.12. The summed E-state index contributed by atoms with van der Waals surface area (Å²) in [7, 11) is 3.72. The maximum Gasteiger partial charge on any atom is 0.388 e. The molecule has 0 fully saturated rings. The third-order valence-corrected chi connectivity index (χ3v) is 2.76. The number of methoxy groups -OCH3 is 1. The van der Waals surface area contributed by atoms with Crippen molar-refractivity contribution in [1.82, 2.24) is 0 Å². The van der Waals surface area contributed by atoms with Gasteiger partial charge in [0.2, 0.25) is 5.39 Å². The average molecular weight is 220 g/mol. The van der Waals surface area contributed by atoms with Crippen LogP contribution in [0.15, 0.2) is 18.2 Å². The van der Waals surface area contributed by atoms with Crippen molar-refractivity contribution in [2.24, 2.45) is 0 Å². The van der Waals surface area contributed by atoms with E-state index in [0.717, 1.165) is 11.3 Å². The summed E-state index contributed by atoms with van der Waals surface area (Å²) in [5, 5.41) is 8.73. The number of diazo groups is 1. The van der Waals surface area contributed by atoms with Gasteiger partial charge in [-0.25, -0.2) is 0 Å². The normalized spacial score (nSPS) is 11.9. The molecule has 0 N–H and O–H groups in total. The number of likely N-dealkylation sites (N-methyl/N-ethyl adjacent to an activating group) is 1. The zero-order chi connectivity index (χ0) is 12.1. The van der Waals surface area contributed by atoms with Gasteiger partial charge in [-0.05, 0) is 26.0 Å². The van der Waals surface area contributed by atoms with Crippen molar-refractivity contribution in [3.63, 3.8) is 0 Å². The van der Waals surface area contributed by atoms with Crippen LogP contribution >= 0.6 is 0 Å². The van der Waals surface area contributed by atoms with E-state index in [2.05, 4.69) is 16.8 Å². The molecule has 16 heavy (non-hydrogen) atoms. The highest BCUT2D eigenvalue weighted by Crippen LogP contribution is 2.25. The molecule has 0 radical (unpaired) electrons. The van der Waals surface area contributed by atoms with Gasteiger partial charge in [0.05, 0.1) is 6.61 Å². The second-order valence-electron chi connectivity index (χ2n) is 3.99. The number of hydrogen-bond acceptors (Lipinski definition) is 3. The van der Waals surface area contributed by atoms with E-state index in [-0.39, 0.29) is 0 Å². The van der Waals surface area contributed by atoms with Crippen molar-refractivity contribution in [2.45, 2.75) is 19.9 Å². The van der Waals surface area contributed by atoms with Crippen LogP contribution in [0.4, 0.5) is 11.4 Å². The van der Waals surface area contributed by atoms with Crippen LogP contribution in [-0.4, -0.2) is 26.8 Å². The highest BCUT2D eigenvalue weighted by molar-refractivity contribution is 5.60. The maximum absolute atomic E-state index is 8.73. The lowest BCUT2D eigenvalue weighted by Gasteiger charge is -2.26. The minimum absolute atomic E-state index is 0.307. The molecule has 1 atom stereocenters. The fourth-order valence-electron chi connectivity index (χ4n) is 1.58. The quantitative estimate of drug-likeness (QED) is 0.732. The molecule has 86 valence electrons. The summed E-state index contributed by atoms with van der Waals surface area (Å²) in [4.78, 5) is 5.35. The molecule has 0 heterocycles. The van der Waals surface area contributed by atoms with Crippen molar-refractivity contribution in [3.8, 4) is 0 Å². The fraction of sp³-hybridized carbons (Fsp3) is 0.500. The largest absolute Gasteiger partial charge is 0.388 e. The molecule has 4 heteroatoms. The Bertz CT molecular complexity index is 398. The van der Waals surface area contributed by atoms with Gasteiger partial charge < -0.3 is 9.64 Å². The third-order valence-electron chi connectivity index (χ3n) is 2.76. The molecule has 1 aromatic rings. The van der Waals surface area contributed by atoms with Gasteiger partial charge in [-0.1, -0.05) is 0 Å². The van der Waals surface area contributed by atoms with Gasteiger partial charge in [0.25, 0.3) is 0 Å². The van der Waals surface area contributed by atoms with Crippen molar-refractivity contribution in [3.05, 3.63) is 28.7 Å². The Balaban J connectivity index is 2.89. The molecule has 0 spiro atoms. The summed E-state index contributed by atoms with van der Waals surface area (Å²) in [6.07, 6.45) is 0. The second kappa shape index (κ2) is 5.47. The monoisotopic (exact) mass is 220 g/mol. The predicted octanol–water partition coefficient (Wildman–Crippen LogP) is 2.95. The number of hydrogen-bond donors (Lipinski definition) is 0. The predicted molar refractivity (Wildman–Crippen MR) is 65.7 cm³/mol. The van der Waals surface area contributed by atoms with Gasteiger partial charge in [-0.2, -0.15) is 0 Å². The fourth-order valence-corrected chi connectivity index (χ4v) is 1.58. The van der Waals surface area contributed by atoms with Crippen molar-refractivity contribution in [1.29, 1.82) is 5.39 Å². The van der Waals surface area contributed by atoms with Crippen molar-refractivity contribution < 1.29 is 4.74 Å². The summed E-state index contributed by atoms with van der Waals surface area (Å²) >= 11 is 0. The molecule has 0 aliphatic rings. The molecule has 0 aliphatic heterocycles. The molecular formula is C12H18N3O+. The minimum Gasteiger partial charge on any atom is -0.383 e. The Labute approximate surface area is 96.5 Å². The first-order valence-electron chi connectivity index (χ1n) is 5.27. The zero-order valence-electron chi connectivity index (χ0n) is 10.3. The summed E-state index contributed by atoms with van der Waals surface area (Å²) in [6, 6.07) is 6.05. The number of benzene rings is 1. The molecule has 0 aliphatic carbocycles. The number of aryl methyl sites for hydroxylation is 1. The van der Waals surface area contributed by atoms with Crippen LogP contribution in [0.5, 0.6) is 0 Å². The average Bonchev–Trinajstić information content (AvgIpc) is 2.28. The van der Waals surface area contributed by atoms with E-state index >= 15 is 0 Å². The molecule has 0 bridgehead atoms. The van der Waals surface area contributed by atoms with E-state index in [1.807, 2.05) is 26.1 Å². The molecule has 1 aromatic carbocycles. The second-order valence-corrected chi connectivity index (χ2v) is 3.99. The lowest BCUT2D eigenvalue weighted by molar-refractivity contribution is 0.183. The Kier molecular flexibility index (Phi) is 4.27. The highest BCUT2D eigenvalue weighted by Gasteiger charge is 2.14. The van der Waals surface area contributed by atoms with Crippen LogP contribution in [0.3, 0.4) is 0 Å². The number of rotatable bonds is 4. The van der Waals surface area contributed by atoms with Crippen LogP contribution in [0, 0.1) is 12.3 Å². The van der Waals surface area contributed by atoms with Crippen molar-refractivity contribution in [2.75, 3.05) is 25.7 Å². The first kappa shape index (κ1) is 12.5. The number of nitrogens with zero attached hydrogens (tertiary/aromatic N) is 3. The molecular weight excluding hydrogens is 202 g/mol. The van der Waals surface area contributed by atoms with E-state index in [1.165, 1.54) is 0 Å². The molecule has 0 aromatic heterocycles. The van der Waals surface area contributed by atoms with Crippen LogP contribution in [0.2, 0.25) is 0 Å². The molecule has 0 saturated carbocycles. The maximum atomic E-state index is 8.73. The zero-order valence-corrected chi connectivity index (χ0v) is 10.3. The first-order valence-corrected chi connectivity index (χ1v) is 5.27. The Morgan fingerprint density at radius 3 is 2.69 bits per heavy atom. The molecule has 4 nitrogen and oxygen atoms in total. The number of anilines is 1. The van der Waals surface area contributed by atoms with E-state index in [9.17, 15) is 0 Å². The van der Waals surface area contributed by atoms with E-state index < -0.39 is 0 Å². The van der Waals surface area contributed by atoms with Gasteiger partial charge in [0, 0.05) is 37.5 Å². The summed E-state index contributed by atoms with van der Waals surface area (Å²) in [5.74, 6) is 0. The first-order chi connectivity index (χ1) is 7.60. The van der Waals surface area contributed by atoms with Crippen LogP contribution in [0.1, 0.15) is 12.5 Å². The Hall–Kier alpha value is -1.60. The number of ether oxygens (including phenoxy) is 1. The van der Waals surface area contributed by atoms with Crippen LogP contribution in [0.25, 0.3) is 4.98 Å². The highest BCUT2D eigenvalue weighted by atomic mass is 16.5. The topological polar surface area (TPSA) is 40.6 Å². The molecule has 1 rings (SSSR count). The lowest BCUT2D eigenvalue weighted by Crippen LogP contribution is -2.32. The standard InChI is InChI=1S/C12H18N3O/c1-9-7-11(5-6-12(9)14-13)15(3)10(2)8-16-4/h5-7,10H,8H2,1-4H3/q+1. The summed E-state index contributed by atoms with van der Waals surface area (Å²) in [5.41, 5.74) is 2.66. The van der Waals surface area contributed by atoms with Crippen LogP contribution in [-0.2, 0) is 4.74 Å². The third kappa shape index (κ3) is 2.71. The van der Waals surface area contributed by atoms with Gasteiger partial charge >= 0.3 is 5.69 Å².